The Bertz CT molecular complexity index is 465. The Kier molecular flexibility index (Phi) is 5.07. The summed E-state index contributed by atoms with van der Waals surface area (Å²) >= 11 is 6.88. The van der Waals surface area contributed by atoms with Crippen LogP contribution >= 0.6 is 24.0 Å². The first-order chi connectivity index (χ1) is 9.19. The summed E-state index contributed by atoms with van der Waals surface area (Å²) < 4.78 is 0. The van der Waals surface area contributed by atoms with Gasteiger partial charge in [0.05, 0.1) is 12.6 Å². The lowest BCUT2D eigenvalue weighted by Crippen LogP contribution is -2.42. The quantitative estimate of drug-likeness (QED) is 0.660. The van der Waals surface area contributed by atoms with Crippen LogP contribution in [0.4, 0.5) is 5.69 Å². The van der Waals surface area contributed by atoms with Crippen molar-refractivity contribution in [3.05, 3.63) is 23.8 Å². The maximum atomic E-state index is 9.57. The van der Waals surface area contributed by atoms with Crippen molar-refractivity contribution in [1.82, 2.24) is 0 Å². The molecule has 1 saturated heterocycles. The highest BCUT2D eigenvalue weighted by molar-refractivity contribution is 7.98. The summed E-state index contributed by atoms with van der Waals surface area (Å²) in [6.07, 6.45) is 5.38. The second-order valence-electron chi connectivity index (χ2n) is 4.74. The number of benzene rings is 1. The van der Waals surface area contributed by atoms with Gasteiger partial charge in [0.25, 0.3) is 0 Å². The van der Waals surface area contributed by atoms with Gasteiger partial charge in [-0.15, -0.1) is 11.8 Å². The van der Waals surface area contributed by atoms with Crippen LogP contribution in [0.3, 0.4) is 0 Å². The first-order valence-electron chi connectivity index (χ1n) is 6.53. The van der Waals surface area contributed by atoms with Gasteiger partial charge < -0.3 is 15.7 Å². The molecule has 19 heavy (non-hydrogen) atoms. The molecule has 0 aliphatic carbocycles. The Morgan fingerprint density at radius 2 is 2.32 bits per heavy atom. The van der Waals surface area contributed by atoms with Crippen molar-refractivity contribution >= 4 is 34.7 Å². The third-order valence-corrected chi connectivity index (χ3v) is 4.60. The van der Waals surface area contributed by atoms with Gasteiger partial charge >= 0.3 is 0 Å². The van der Waals surface area contributed by atoms with Gasteiger partial charge in [-0.05, 0) is 37.7 Å². The third-order valence-electron chi connectivity index (χ3n) is 3.62. The number of rotatable bonds is 4. The van der Waals surface area contributed by atoms with E-state index in [-0.39, 0.29) is 12.6 Å². The summed E-state index contributed by atoms with van der Waals surface area (Å²) in [7, 11) is 0. The summed E-state index contributed by atoms with van der Waals surface area (Å²) in [5.74, 6) is 0. The number of aliphatic hydroxyl groups excluding tert-OH is 1. The van der Waals surface area contributed by atoms with E-state index in [4.69, 9.17) is 18.0 Å². The number of thioether (sulfide) groups is 1. The van der Waals surface area contributed by atoms with Crippen molar-refractivity contribution in [2.75, 3.05) is 24.3 Å². The molecule has 104 valence electrons. The van der Waals surface area contributed by atoms with E-state index < -0.39 is 0 Å². The maximum absolute atomic E-state index is 9.57. The van der Waals surface area contributed by atoms with Crippen LogP contribution in [-0.2, 0) is 0 Å². The average molecular weight is 296 g/mol. The standard InChI is InChI=1S/C14H20N2OS2/c1-19-12-7-4-6-11(13(12)14(15)18)16-8-3-2-5-10(16)9-17/h4,6-7,10,17H,2-3,5,8-9H2,1H3,(H2,15,18). The van der Waals surface area contributed by atoms with E-state index in [1.54, 1.807) is 11.8 Å². The van der Waals surface area contributed by atoms with Crippen molar-refractivity contribution in [2.45, 2.75) is 30.2 Å². The molecule has 0 spiro atoms. The second kappa shape index (κ2) is 6.59. The molecule has 0 radical (unpaired) electrons. The molecule has 1 aromatic rings. The lowest BCUT2D eigenvalue weighted by atomic mass is 10.00. The minimum absolute atomic E-state index is 0.180. The number of aliphatic hydroxyl groups is 1. The monoisotopic (exact) mass is 296 g/mol. The molecule has 1 aromatic carbocycles. The van der Waals surface area contributed by atoms with Crippen molar-refractivity contribution in [1.29, 1.82) is 0 Å². The smallest absolute Gasteiger partial charge is 0.107 e. The molecule has 2 rings (SSSR count). The number of hydrogen-bond acceptors (Lipinski definition) is 4. The van der Waals surface area contributed by atoms with Crippen LogP contribution in [0.1, 0.15) is 24.8 Å². The van der Waals surface area contributed by atoms with Crippen LogP contribution < -0.4 is 10.6 Å². The Morgan fingerprint density at radius 1 is 1.53 bits per heavy atom. The van der Waals surface area contributed by atoms with Gasteiger partial charge in [0, 0.05) is 22.7 Å². The molecular weight excluding hydrogens is 276 g/mol. The van der Waals surface area contributed by atoms with Gasteiger partial charge in [-0.3, -0.25) is 0 Å². The number of piperidine rings is 1. The molecular formula is C14H20N2OS2. The predicted octanol–water partition coefficient (Wildman–Crippen LogP) is 2.39. The molecule has 1 aliphatic heterocycles. The van der Waals surface area contributed by atoms with E-state index in [0.717, 1.165) is 35.5 Å². The zero-order valence-electron chi connectivity index (χ0n) is 11.1. The van der Waals surface area contributed by atoms with E-state index in [9.17, 15) is 5.11 Å². The van der Waals surface area contributed by atoms with Crippen molar-refractivity contribution in [3.63, 3.8) is 0 Å². The van der Waals surface area contributed by atoms with Crippen LogP contribution in [0.2, 0.25) is 0 Å². The van der Waals surface area contributed by atoms with Gasteiger partial charge in [-0.25, -0.2) is 0 Å². The number of hydrogen-bond donors (Lipinski definition) is 2. The largest absolute Gasteiger partial charge is 0.394 e. The molecule has 1 unspecified atom stereocenters. The third kappa shape index (κ3) is 3.04. The molecule has 0 aromatic heterocycles. The second-order valence-corrected chi connectivity index (χ2v) is 6.03. The van der Waals surface area contributed by atoms with Crippen molar-refractivity contribution < 1.29 is 5.11 Å². The van der Waals surface area contributed by atoms with Crippen LogP contribution in [0, 0.1) is 0 Å². The van der Waals surface area contributed by atoms with Crippen LogP contribution in [0.25, 0.3) is 0 Å². The van der Waals surface area contributed by atoms with Crippen LogP contribution in [0.15, 0.2) is 23.1 Å². The SMILES string of the molecule is CSc1cccc(N2CCCCC2CO)c1C(N)=S. The van der Waals surface area contributed by atoms with Gasteiger partial charge in [0.15, 0.2) is 0 Å². The molecule has 1 aliphatic rings. The highest BCUT2D eigenvalue weighted by Gasteiger charge is 2.25. The Morgan fingerprint density at radius 3 is 2.95 bits per heavy atom. The average Bonchev–Trinajstić information content (AvgIpc) is 2.46. The van der Waals surface area contributed by atoms with Gasteiger partial charge in [0.2, 0.25) is 0 Å². The fraction of sp³-hybridized carbons (Fsp3) is 0.500. The summed E-state index contributed by atoms with van der Waals surface area (Å²) in [6.45, 7) is 1.14. The minimum atomic E-state index is 0.180. The molecule has 3 nitrogen and oxygen atoms in total. The van der Waals surface area contributed by atoms with E-state index >= 15 is 0 Å². The summed E-state index contributed by atoms with van der Waals surface area (Å²) in [5.41, 5.74) is 7.93. The van der Waals surface area contributed by atoms with Gasteiger partial charge in [-0.1, -0.05) is 18.3 Å². The van der Waals surface area contributed by atoms with Crippen LogP contribution in [-0.4, -0.2) is 35.5 Å². The van der Waals surface area contributed by atoms with Gasteiger partial charge in [-0.2, -0.15) is 0 Å². The Balaban J connectivity index is 2.45. The van der Waals surface area contributed by atoms with E-state index in [0.29, 0.717) is 4.99 Å². The minimum Gasteiger partial charge on any atom is -0.394 e. The molecule has 1 fully saturated rings. The molecule has 0 saturated carbocycles. The lowest BCUT2D eigenvalue weighted by Gasteiger charge is -2.38. The van der Waals surface area contributed by atoms with Crippen molar-refractivity contribution in [2.24, 2.45) is 5.73 Å². The fourth-order valence-corrected chi connectivity index (χ4v) is 3.60. The predicted molar refractivity (Wildman–Crippen MR) is 86.2 cm³/mol. The molecule has 5 heteroatoms. The summed E-state index contributed by atoms with van der Waals surface area (Å²) in [6, 6.07) is 6.31. The Hall–Kier alpha value is -0.780. The fourth-order valence-electron chi connectivity index (χ4n) is 2.68. The first-order valence-corrected chi connectivity index (χ1v) is 8.16. The molecule has 3 N–H and O–H groups in total. The highest BCUT2D eigenvalue weighted by Crippen LogP contribution is 2.33. The zero-order valence-corrected chi connectivity index (χ0v) is 12.8. The maximum Gasteiger partial charge on any atom is 0.107 e. The highest BCUT2D eigenvalue weighted by atomic mass is 32.2. The lowest BCUT2D eigenvalue weighted by molar-refractivity contribution is 0.240. The van der Waals surface area contributed by atoms with E-state index in [1.807, 2.05) is 18.4 Å². The normalized spacial score (nSPS) is 19.5. The Labute approximate surface area is 124 Å². The van der Waals surface area contributed by atoms with Crippen molar-refractivity contribution in [3.8, 4) is 0 Å². The zero-order chi connectivity index (χ0) is 13.8. The first kappa shape index (κ1) is 14.6. The number of nitrogens with two attached hydrogens (primary N) is 1. The summed E-state index contributed by atoms with van der Waals surface area (Å²) in [5, 5.41) is 9.57. The van der Waals surface area contributed by atoms with Gasteiger partial charge in [0.1, 0.15) is 4.99 Å². The molecule has 1 atom stereocenters. The number of nitrogens with zero attached hydrogens (tertiary/aromatic N) is 1. The molecule has 0 bridgehead atoms. The summed E-state index contributed by atoms with van der Waals surface area (Å²) in [4.78, 5) is 3.80. The molecule has 1 heterocycles. The number of anilines is 1. The van der Waals surface area contributed by atoms with Crippen LogP contribution in [0.5, 0.6) is 0 Å². The topological polar surface area (TPSA) is 49.5 Å². The van der Waals surface area contributed by atoms with E-state index in [2.05, 4.69) is 11.0 Å². The molecule has 0 amide bonds. The number of thiocarbonyl (C=S) groups is 1. The van der Waals surface area contributed by atoms with E-state index in [1.165, 1.54) is 6.42 Å².